The summed E-state index contributed by atoms with van der Waals surface area (Å²) in [4.78, 5) is 27.3. The van der Waals surface area contributed by atoms with Crippen LogP contribution in [0.15, 0.2) is 79.1 Å². The maximum absolute atomic E-state index is 14.7. The van der Waals surface area contributed by atoms with E-state index in [2.05, 4.69) is 30.8 Å². The molecule has 238 valence electrons. The first-order valence-electron chi connectivity index (χ1n) is 14.9. The number of halogens is 2. The number of hydrogen-bond donors (Lipinski definition) is 3. The number of H-pyrrole nitrogens is 1. The van der Waals surface area contributed by atoms with Crippen molar-refractivity contribution < 1.29 is 18.7 Å². The number of aromatic amines is 1. The highest BCUT2D eigenvalue weighted by atomic mass is 35.5. The van der Waals surface area contributed by atoms with Crippen LogP contribution >= 0.6 is 11.6 Å². The average Bonchev–Trinajstić information content (AvgIpc) is 3.78. The lowest BCUT2D eigenvalue weighted by molar-refractivity contribution is -0.134. The number of fused-ring (bicyclic) bond motifs is 2. The number of alkyl halides is 1. The highest BCUT2D eigenvalue weighted by Gasteiger charge is 2.36. The summed E-state index contributed by atoms with van der Waals surface area (Å²) in [6.45, 7) is -0.0118. The number of anilines is 1. The maximum Gasteiger partial charge on any atom is 0.269 e. The lowest BCUT2D eigenvalue weighted by Gasteiger charge is -2.24. The van der Waals surface area contributed by atoms with Gasteiger partial charge in [0.25, 0.3) is 5.91 Å². The van der Waals surface area contributed by atoms with Crippen LogP contribution in [0.5, 0.6) is 0 Å². The average molecular weight is 654 g/mol. The highest BCUT2D eigenvalue weighted by Crippen LogP contribution is 2.33. The van der Waals surface area contributed by atoms with Crippen molar-refractivity contribution >= 4 is 50.9 Å². The summed E-state index contributed by atoms with van der Waals surface area (Å²) in [6.07, 6.45) is 2.14. The van der Waals surface area contributed by atoms with Gasteiger partial charge in [-0.25, -0.2) is 4.39 Å². The van der Waals surface area contributed by atoms with Gasteiger partial charge in [-0.05, 0) is 48.0 Å². The van der Waals surface area contributed by atoms with E-state index in [-0.39, 0.29) is 44.4 Å². The zero-order valence-corrected chi connectivity index (χ0v) is 25.7. The van der Waals surface area contributed by atoms with Crippen molar-refractivity contribution in [3.63, 3.8) is 0 Å². The van der Waals surface area contributed by atoms with Gasteiger partial charge < -0.3 is 20.7 Å². The van der Waals surface area contributed by atoms with Crippen molar-refractivity contribution in [2.45, 2.75) is 25.2 Å². The zero-order chi connectivity index (χ0) is 32.5. The summed E-state index contributed by atoms with van der Waals surface area (Å²) in [7, 11) is 0. The topological polar surface area (TPSA) is 157 Å². The first-order valence-corrected chi connectivity index (χ1v) is 15.3. The molecule has 3 aromatic heterocycles. The van der Waals surface area contributed by atoms with E-state index in [9.17, 15) is 14.0 Å². The molecule has 7 rings (SSSR count). The van der Waals surface area contributed by atoms with Crippen LogP contribution in [0.3, 0.4) is 0 Å². The molecule has 4 N–H and O–H groups in total. The molecule has 4 heterocycles. The van der Waals surface area contributed by atoms with Crippen LogP contribution in [-0.2, 0) is 16.1 Å². The molecule has 14 heteroatoms. The smallest absolute Gasteiger partial charge is 0.269 e. The minimum atomic E-state index is -1.19. The fourth-order valence-corrected chi connectivity index (χ4v) is 6.24. The van der Waals surface area contributed by atoms with Gasteiger partial charge in [-0.15, -0.1) is 0 Å². The Morgan fingerprint density at radius 3 is 2.74 bits per heavy atom. The van der Waals surface area contributed by atoms with E-state index in [0.717, 1.165) is 39.0 Å². The van der Waals surface area contributed by atoms with Gasteiger partial charge in [-0.3, -0.25) is 19.4 Å². The molecule has 0 radical (unpaired) electrons. The molecule has 2 atom stereocenters. The van der Waals surface area contributed by atoms with Gasteiger partial charge in [-0.1, -0.05) is 35.9 Å². The first kappa shape index (κ1) is 30.3. The minimum absolute atomic E-state index is 0.0403. The molecule has 0 bridgehead atoms. The Labute approximate surface area is 272 Å². The van der Waals surface area contributed by atoms with E-state index < -0.39 is 18.1 Å². The minimum Gasteiger partial charge on any atom is -0.364 e. The van der Waals surface area contributed by atoms with E-state index in [1.807, 2.05) is 42.5 Å². The Kier molecular flexibility index (Phi) is 8.23. The summed E-state index contributed by atoms with van der Waals surface area (Å²) >= 11 is 6.22. The van der Waals surface area contributed by atoms with Crippen molar-refractivity contribution in [3.8, 4) is 22.4 Å². The third-order valence-electron chi connectivity index (χ3n) is 8.23. The number of nitrogens with two attached hydrogens (primary N) is 1. The molecule has 2 amide bonds. The Morgan fingerprint density at radius 2 is 1.94 bits per heavy atom. The molecule has 1 saturated heterocycles. The van der Waals surface area contributed by atoms with Crippen molar-refractivity contribution in [1.82, 2.24) is 35.1 Å². The van der Waals surface area contributed by atoms with Crippen molar-refractivity contribution in [1.29, 1.82) is 0 Å². The number of benzene rings is 3. The van der Waals surface area contributed by atoms with Crippen molar-refractivity contribution in [2.75, 3.05) is 25.2 Å². The van der Waals surface area contributed by atoms with Gasteiger partial charge in [-0.2, -0.15) is 20.4 Å². The molecular weight excluding hydrogens is 625 g/mol. The van der Waals surface area contributed by atoms with Gasteiger partial charge in [0.15, 0.2) is 5.69 Å². The van der Waals surface area contributed by atoms with Gasteiger partial charge in [0.05, 0.1) is 48.0 Å². The first-order chi connectivity index (χ1) is 22.9. The number of nitrogens with zero attached hydrogens (tertiary/aromatic N) is 6. The summed E-state index contributed by atoms with van der Waals surface area (Å²) in [5, 5.41) is 24.9. The molecule has 1 fully saturated rings. The number of rotatable bonds is 10. The number of ether oxygens (including phenoxy) is 1. The van der Waals surface area contributed by atoms with Crippen LogP contribution in [0.4, 0.5) is 10.1 Å². The van der Waals surface area contributed by atoms with E-state index in [0.29, 0.717) is 15.9 Å². The molecule has 2 unspecified atom stereocenters. The van der Waals surface area contributed by atoms with E-state index in [1.165, 1.54) is 9.58 Å². The highest BCUT2D eigenvalue weighted by molar-refractivity contribution is 6.31. The molecule has 0 spiro atoms. The second-order valence-electron chi connectivity index (χ2n) is 11.3. The fraction of sp³-hybridized carbons (Fsp3) is 0.212. The van der Waals surface area contributed by atoms with E-state index >= 15 is 0 Å². The van der Waals surface area contributed by atoms with Crippen molar-refractivity contribution in [3.05, 3.63) is 89.8 Å². The second kappa shape index (κ2) is 12.8. The largest absolute Gasteiger partial charge is 0.364 e. The number of aromatic nitrogens is 6. The Hall–Kier alpha value is -5.40. The normalized spacial score (nSPS) is 16.3. The third kappa shape index (κ3) is 6.10. The van der Waals surface area contributed by atoms with Gasteiger partial charge in [0, 0.05) is 33.6 Å². The van der Waals surface area contributed by atoms with E-state index in [1.54, 1.807) is 36.7 Å². The van der Waals surface area contributed by atoms with Crippen LogP contribution in [-0.4, -0.2) is 79.0 Å². The quantitative estimate of drug-likeness (QED) is 0.140. The Bertz CT molecular complexity index is 2100. The predicted molar refractivity (Wildman–Crippen MR) is 175 cm³/mol. The number of primary amides is 1. The van der Waals surface area contributed by atoms with E-state index in [4.69, 9.17) is 22.1 Å². The summed E-state index contributed by atoms with van der Waals surface area (Å²) < 4.78 is 22.0. The van der Waals surface area contributed by atoms with Crippen LogP contribution in [0.2, 0.25) is 5.02 Å². The Balaban J connectivity index is 1.04. The van der Waals surface area contributed by atoms with Crippen LogP contribution in [0.1, 0.15) is 16.9 Å². The summed E-state index contributed by atoms with van der Waals surface area (Å²) in [5.74, 6) is -1.07. The molecule has 0 saturated carbocycles. The van der Waals surface area contributed by atoms with Gasteiger partial charge in [0.2, 0.25) is 5.91 Å². The molecule has 6 aromatic rings. The molecule has 3 aromatic carbocycles. The van der Waals surface area contributed by atoms with Crippen LogP contribution < -0.4 is 11.1 Å². The van der Waals surface area contributed by atoms with Crippen LogP contribution in [0, 0.1) is 0 Å². The Morgan fingerprint density at radius 1 is 1.06 bits per heavy atom. The molecule has 1 aliphatic heterocycles. The molecule has 47 heavy (non-hydrogen) atoms. The third-order valence-corrected chi connectivity index (χ3v) is 8.47. The number of nitrogens with one attached hydrogen (secondary N) is 2. The lowest BCUT2D eigenvalue weighted by Crippen LogP contribution is -2.40. The lowest BCUT2D eigenvalue weighted by atomic mass is 10.0. The standard InChI is InChI=1S/C33H29ClFN9O3/c34-22-4-1-3-20(11-22)31-30-26(5-2-6-27(30)40-41-31)37-18-47-17-24-13-23(35)15-43(24)29(45)16-44-28-8-7-19(21-9-10-38-39-14-21)12-25(28)32(42-44)33(36)46/h1-12,14,23-24,37H,13,15-18H2,(H2,36,46)(H,40,41). The van der Waals surface area contributed by atoms with Gasteiger partial charge >= 0.3 is 0 Å². The van der Waals surface area contributed by atoms with Crippen LogP contribution in [0.25, 0.3) is 44.2 Å². The predicted octanol–water partition coefficient (Wildman–Crippen LogP) is 4.81. The second-order valence-corrected chi connectivity index (χ2v) is 11.7. The SMILES string of the molecule is NC(=O)c1nn(CC(=O)N2CC(F)CC2COCNc2cccc3[nH]nc(-c4cccc(Cl)c4)c23)c2ccc(-c3ccnnc3)cc12. The fourth-order valence-electron chi connectivity index (χ4n) is 6.05. The number of hydrogen-bond acceptors (Lipinski definition) is 8. The summed E-state index contributed by atoms with van der Waals surface area (Å²) in [6, 6.07) is 19.9. The van der Waals surface area contributed by atoms with Gasteiger partial charge in [0.1, 0.15) is 25.1 Å². The maximum atomic E-state index is 14.7. The number of likely N-dealkylation sites (tertiary alicyclic amines) is 1. The molecule has 0 aliphatic carbocycles. The zero-order valence-electron chi connectivity index (χ0n) is 24.9. The number of carbonyl (C=O) groups excluding carboxylic acids is 2. The molecule has 1 aliphatic rings. The van der Waals surface area contributed by atoms with Crippen molar-refractivity contribution in [2.24, 2.45) is 5.73 Å². The molecule has 12 nitrogen and oxygen atoms in total. The monoisotopic (exact) mass is 653 g/mol. The molecular formula is C33H29ClFN9O3. The number of carbonyl (C=O) groups is 2. The summed E-state index contributed by atoms with van der Waals surface area (Å²) in [5.41, 5.74) is 11.1. The number of amides is 2.